The van der Waals surface area contributed by atoms with Gasteiger partial charge in [-0.2, -0.15) is 5.11 Å². The van der Waals surface area contributed by atoms with Crippen LogP contribution < -0.4 is 0 Å². The number of azo groups is 1. The second kappa shape index (κ2) is 8.37. The van der Waals surface area contributed by atoms with Gasteiger partial charge in [-0.05, 0) is 42.6 Å². The van der Waals surface area contributed by atoms with Crippen LogP contribution in [0.5, 0.6) is 0 Å². The van der Waals surface area contributed by atoms with Gasteiger partial charge in [0, 0.05) is 5.02 Å². The Balaban J connectivity index is 2.39. The predicted octanol–water partition coefficient (Wildman–Crippen LogP) is 4.70. The smallest absolute Gasteiger partial charge is 0.375 e. The van der Waals surface area contributed by atoms with Gasteiger partial charge in [-0.1, -0.05) is 17.7 Å². The van der Waals surface area contributed by atoms with Crippen LogP contribution >= 0.6 is 22.9 Å². The SMILES string of the molecule is CCOC(=O)/C(O)=C(\N=Nc1ccc(Cl)cc1)C(=O)c1cccs1. The van der Waals surface area contributed by atoms with Gasteiger partial charge in [-0.3, -0.25) is 4.79 Å². The Morgan fingerprint density at radius 3 is 2.54 bits per heavy atom. The van der Waals surface area contributed by atoms with E-state index in [1.807, 2.05) is 0 Å². The second-order valence-corrected chi connectivity index (χ2v) is 5.78. The third-order valence-electron chi connectivity index (χ3n) is 2.75. The monoisotopic (exact) mass is 364 g/mol. The molecule has 0 saturated carbocycles. The number of thiophene rings is 1. The molecule has 6 nitrogen and oxygen atoms in total. The third-order valence-corrected chi connectivity index (χ3v) is 3.87. The number of carbonyl (C=O) groups excluding carboxylic acids is 2. The quantitative estimate of drug-likeness (QED) is 0.264. The van der Waals surface area contributed by atoms with E-state index in [0.29, 0.717) is 15.6 Å². The van der Waals surface area contributed by atoms with Gasteiger partial charge in [0.1, 0.15) is 0 Å². The van der Waals surface area contributed by atoms with Crippen LogP contribution in [0, 0.1) is 0 Å². The molecule has 1 N–H and O–H groups in total. The molecule has 0 spiro atoms. The maximum absolute atomic E-state index is 12.4. The van der Waals surface area contributed by atoms with Gasteiger partial charge >= 0.3 is 5.97 Å². The lowest BCUT2D eigenvalue weighted by molar-refractivity contribution is -0.141. The van der Waals surface area contributed by atoms with Crippen molar-refractivity contribution in [2.45, 2.75) is 6.92 Å². The van der Waals surface area contributed by atoms with Gasteiger partial charge in [0.15, 0.2) is 5.70 Å². The Morgan fingerprint density at radius 1 is 1.25 bits per heavy atom. The standard InChI is InChI=1S/C16H13ClN2O4S/c1-2-23-16(22)15(21)13(14(20)12-4-3-9-24-12)19-18-11-7-5-10(17)6-8-11/h3-9,21H,2H2,1H3/b15-13+,19-18?. The van der Waals surface area contributed by atoms with Gasteiger partial charge in [-0.15, -0.1) is 16.5 Å². The van der Waals surface area contributed by atoms with Crippen molar-refractivity contribution in [3.63, 3.8) is 0 Å². The molecule has 0 unspecified atom stereocenters. The molecule has 2 rings (SSSR count). The van der Waals surface area contributed by atoms with Crippen molar-refractivity contribution in [3.05, 3.63) is 63.1 Å². The summed E-state index contributed by atoms with van der Waals surface area (Å²) in [4.78, 5) is 24.5. The fourth-order valence-electron chi connectivity index (χ4n) is 1.64. The first-order valence-electron chi connectivity index (χ1n) is 6.88. The molecule has 0 aliphatic carbocycles. The number of aliphatic hydroxyl groups excluding tert-OH is 1. The number of allylic oxidation sites excluding steroid dienone is 1. The number of aliphatic hydroxyl groups is 1. The number of hydrogen-bond acceptors (Lipinski definition) is 7. The molecule has 24 heavy (non-hydrogen) atoms. The summed E-state index contributed by atoms with van der Waals surface area (Å²) in [7, 11) is 0. The third kappa shape index (κ3) is 4.50. The van der Waals surface area contributed by atoms with Gasteiger partial charge < -0.3 is 9.84 Å². The van der Waals surface area contributed by atoms with Crippen LogP contribution in [0.15, 0.2) is 63.5 Å². The summed E-state index contributed by atoms with van der Waals surface area (Å²) >= 11 is 6.94. The minimum atomic E-state index is -1.03. The maximum atomic E-state index is 12.4. The molecule has 2 aromatic rings. The molecule has 8 heteroatoms. The van der Waals surface area contributed by atoms with E-state index in [1.54, 1.807) is 48.7 Å². The van der Waals surface area contributed by atoms with E-state index in [2.05, 4.69) is 10.2 Å². The summed E-state index contributed by atoms with van der Waals surface area (Å²) in [5.74, 6) is -2.53. The first-order chi connectivity index (χ1) is 11.5. The van der Waals surface area contributed by atoms with Gasteiger partial charge in [-0.25, -0.2) is 4.79 Å². The number of ether oxygens (including phenoxy) is 1. The van der Waals surface area contributed by atoms with E-state index >= 15 is 0 Å². The van der Waals surface area contributed by atoms with Crippen LogP contribution in [0.25, 0.3) is 0 Å². The molecule has 1 aromatic carbocycles. The van der Waals surface area contributed by atoms with Gasteiger partial charge in [0.25, 0.3) is 0 Å². The highest BCUT2D eigenvalue weighted by Crippen LogP contribution is 2.22. The van der Waals surface area contributed by atoms with Crippen molar-refractivity contribution in [3.8, 4) is 0 Å². The lowest BCUT2D eigenvalue weighted by Crippen LogP contribution is -2.13. The first kappa shape index (κ1) is 17.8. The Kier molecular flexibility index (Phi) is 6.22. The van der Waals surface area contributed by atoms with E-state index in [4.69, 9.17) is 16.3 Å². The second-order valence-electron chi connectivity index (χ2n) is 4.40. The number of rotatable bonds is 6. The van der Waals surface area contributed by atoms with Crippen LogP contribution in [-0.2, 0) is 9.53 Å². The fourth-order valence-corrected chi connectivity index (χ4v) is 2.43. The lowest BCUT2D eigenvalue weighted by Gasteiger charge is -2.04. The number of nitrogens with zero attached hydrogens (tertiary/aromatic N) is 2. The highest BCUT2D eigenvalue weighted by molar-refractivity contribution is 7.12. The summed E-state index contributed by atoms with van der Waals surface area (Å²) in [5.41, 5.74) is -0.0709. The van der Waals surface area contributed by atoms with E-state index in [-0.39, 0.29) is 6.61 Å². The van der Waals surface area contributed by atoms with Crippen molar-refractivity contribution in [1.29, 1.82) is 0 Å². The van der Waals surface area contributed by atoms with Crippen molar-refractivity contribution in [1.82, 2.24) is 0 Å². The van der Waals surface area contributed by atoms with Crippen molar-refractivity contribution >= 4 is 40.4 Å². The molecule has 0 aliphatic rings. The fraction of sp³-hybridized carbons (Fsp3) is 0.125. The normalized spacial score (nSPS) is 12.1. The van der Waals surface area contributed by atoms with Crippen LogP contribution in [0.2, 0.25) is 5.02 Å². The first-order valence-corrected chi connectivity index (χ1v) is 8.14. The average Bonchev–Trinajstić information content (AvgIpc) is 3.11. The Bertz CT molecular complexity index is 783. The minimum Gasteiger partial charge on any atom is -0.500 e. The number of benzene rings is 1. The van der Waals surface area contributed by atoms with Crippen LogP contribution in [0.1, 0.15) is 16.6 Å². The zero-order valence-corrected chi connectivity index (χ0v) is 14.2. The number of esters is 1. The number of carbonyl (C=O) groups is 2. The number of ketones is 1. The molecule has 0 atom stereocenters. The minimum absolute atomic E-state index is 0.0533. The molecule has 0 fully saturated rings. The molecule has 0 aliphatic heterocycles. The highest BCUT2D eigenvalue weighted by Gasteiger charge is 2.24. The van der Waals surface area contributed by atoms with Crippen molar-refractivity contribution < 1.29 is 19.4 Å². The van der Waals surface area contributed by atoms with Crippen LogP contribution in [-0.4, -0.2) is 23.5 Å². The number of Topliss-reactive ketones (excluding diaryl/α,β-unsaturated/α-hetero) is 1. The molecule has 0 bridgehead atoms. The molecule has 0 radical (unpaired) electrons. The maximum Gasteiger partial charge on any atom is 0.375 e. The number of halogens is 1. The van der Waals surface area contributed by atoms with E-state index in [9.17, 15) is 14.7 Å². The summed E-state index contributed by atoms with van der Waals surface area (Å²) in [6, 6.07) is 9.61. The Hall–Kier alpha value is -2.51. The van der Waals surface area contributed by atoms with Gasteiger partial charge in [0.2, 0.25) is 11.5 Å². The molecule has 1 aromatic heterocycles. The average molecular weight is 365 g/mol. The largest absolute Gasteiger partial charge is 0.500 e. The summed E-state index contributed by atoms with van der Waals surface area (Å²) in [6.45, 7) is 1.64. The predicted molar refractivity (Wildman–Crippen MR) is 90.9 cm³/mol. The zero-order valence-electron chi connectivity index (χ0n) is 12.6. The molecule has 1 heterocycles. The van der Waals surface area contributed by atoms with Crippen molar-refractivity contribution in [2.75, 3.05) is 6.61 Å². The van der Waals surface area contributed by atoms with Crippen LogP contribution in [0.3, 0.4) is 0 Å². The molecule has 0 amide bonds. The van der Waals surface area contributed by atoms with E-state index in [1.165, 1.54) is 0 Å². The van der Waals surface area contributed by atoms with E-state index in [0.717, 1.165) is 11.3 Å². The summed E-state index contributed by atoms with van der Waals surface area (Å²) in [6.07, 6.45) is 0. The Morgan fingerprint density at radius 2 is 1.96 bits per heavy atom. The zero-order chi connectivity index (χ0) is 17.5. The van der Waals surface area contributed by atoms with Crippen molar-refractivity contribution in [2.24, 2.45) is 10.2 Å². The summed E-state index contributed by atoms with van der Waals surface area (Å²) in [5, 5.41) is 19.9. The molecular formula is C16H13ClN2O4S. The highest BCUT2D eigenvalue weighted by atomic mass is 35.5. The summed E-state index contributed by atoms with van der Waals surface area (Å²) < 4.78 is 4.71. The molecular weight excluding hydrogens is 352 g/mol. The Labute approximate surface area is 147 Å². The lowest BCUT2D eigenvalue weighted by atomic mass is 10.2. The molecule has 124 valence electrons. The molecule has 0 saturated heterocycles. The number of hydrogen-bond donors (Lipinski definition) is 1. The van der Waals surface area contributed by atoms with Crippen LogP contribution in [0.4, 0.5) is 5.69 Å². The van der Waals surface area contributed by atoms with E-state index < -0.39 is 23.2 Å². The topological polar surface area (TPSA) is 88.3 Å². The van der Waals surface area contributed by atoms with Gasteiger partial charge in [0.05, 0.1) is 17.2 Å².